The molecule has 0 aliphatic carbocycles. The van der Waals surface area contributed by atoms with Gasteiger partial charge in [-0.15, -0.1) is 0 Å². The lowest BCUT2D eigenvalue weighted by atomic mass is 10.1. The highest BCUT2D eigenvalue weighted by molar-refractivity contribution is 5.75. The van der Waals surface area contributed by atoms with Crippen molar-refractivity contribution >= 4 is 5.91 Å². The van der Waals surface area contributed by atoms with E-state index in [0.717, 1.165) is 6.54 Å². The maximum Gasteiger partial charge on any atom is 0.231 e. The second kappa shape index (κ2) is 5.66. The van der Waals surface area contributed by atoms with E-state index in [0.29, 0.717) is 12.6 Å². The van der Waals surface area contributed by atoms with Gasteiger partial charge in [0.15, 0.2) is 0 Å². The van der Waals surface area contributed by atoms with E-state index < -0.39 is 0 Å². The first-order chi connectivity index (χ1) is 7.49. The SMILES string of the molecule is Cc1ccc(CN(CC(N)=O)C(C)C)cc1. The zero-order valence-corrected chi connectivity index (χ0v) is 10.2. The van der Waals surface area contributed by atoms with E-state index in [-0.39, 0.29) is 5.91 Å². The first kappa shape index (κ1) is 12.7. The summed E-state index contributed by atoms with van der Waals surface area (Å²) >= 11 is 0. The average Bonchev–Trinajstić information content (AvgIpc) is 2.19. The third-order valence-corrected chi connectivity index (χ3v) is 2.60. The van der Waals surface area contributed by atoms with Crippen LogP contribution >= 0.6 is 0 Å². The number of nitrogens with zero attached hydrogens (tertiary/aromatic N) is 1. The molecule has 0 saturated carbocycles. The van der Waals surface area contributed by atoms with Gasteiger partial charge < -0.3 is 5.73 Å². The van der Waals surface area contributed by atoms with Crippen LogP contribution in [0.3, 0.4) is 0 Å². The van der Waals surface area contributed by atoms with Crippen LogP contribution in [0, 0.1) is 6.92 Å². The molecule has 0 aromatic heterocycles. The summed E-state index contributed by atoms with van der Waals surface area (Å²) in [6.45, 7) is 7.27. The van der Waals surface area contributed by atoms with Crippen LogP contribution in [0.25, 0.3) is 0 Å². The first-order valence-corrected chi connectivity index (χ1v) is 5.57. The minimum absolute atomic E-state index is 0.277. The molecule has 3 nitrogen and oxygen atoms in total. The summed E-state index contributed by atoms with van der Waals surface area (Å²) in [6.07, 6.45) is 0. The van der Waals surface area contributed by atoms with Gasteiger partial charge in [-0.25, -0.2) is 0 Å². The van der Waals surface area contributed by atoms with Crippen molar-refractivity contribution in [3.8, 4) is 0 Å². The van der Waals surface area contributed by atoms with Crippen molar-refractivity contribution in [1.29, 1.82) is 0 Å². The molecule has 0 fully saturated rings. The number of primary amides is 1. The number of rotatable bonds is 5. The lowest BCUT2D eigenvalue weighted by Crippen LogP contribution is -2.37. The summed E-state index contributed by atoms with van der Waals surface area (Å²) in [4.78, 5) is 13.0. The van der Waals surface area contributed by atoms with E-state index in [1.54, 1.807) is 0 Å². The summed E-state index contributed by atoms with van der Waals surface area (Å²) in [5.41, 5.74) is 7.68. The summed E-state index contributed by atoms with van der Waals surface area (Å²) in [5.74, 6) is -0.277. The Bertz CT molecular complexity index is 343. The highest BCUT2D eigenvalue weighted by atomic mass is 16.1. The molecule has 0 spiro atoms. The largest absolute Gasteiger partial charge is 0.369 e. The fourth-order valence-electron chi connectivity index (χ4n) is 1.55. The number of nitrogens with two attached hydrogens (primary N) is 1. The molecule has 0 bridgehead atoms. The highest BCUT2D eigenvalue weighted by Gasteiger charge is 2.12. The van der Waals surface area contributed by atoms with Gasteiger partial charge in [-0.1, -0.05) is 29.8 Å². The number of aryl methyl sites for hydroxylation is 1. The fraction of sp³-hybridized carbons (Fsp3) is 0.462. The van der Waals surface area contributed by atoms with Crippen LogP contribution in [-0.4, -0.2) is 23.4 Å². The van der Waals surface area contributed by atoms with Gasteiger partial charge in [0.1, 0.15) is 0 Å². The molecule has 88 valence electrons. The molecule has 0 unspecified atom stereocenters. The third kappa shape index (κ3) is 4.03. The van der Waals surface area contributed by atoms with Crippen LogP contribution in [0.15, 0.2) is 24.3 Å². The van der Waals surface area contributed by atoms with Gasteiger partial charge in [0.25, 0.3) is 0 Å². The summed E-state index contributed by atoms with van der Waals surface area (Å²) in [5, 5.41) is 0. The van der Waals surface area contributed by atoms with E-state index in [2.05, 4.69) is 49.9 Å². The fourth-order valence-corrected chi connectivity index (χ4v) is 1.55. The average molecular weight is 220 g/mol. The third-order valence-electron chi connectivity index (χ3n) is 2.60. The van der Waals surface area contributed by atoms with Crippen LogP contribution in [-0.2, 0) is 11.3 Å². The molecule has 1 aromatic rings. The lowest BCUT2D eigenvalue weighted by molar-refractivity contribution is -0.119. The van der Waals surface area contributed by atoms with E-state index in [4.69, 9.17) is 5.73 Å². The van der Waals surface area contributed by atoms with Gasteiger partial charge in [-0.2, -0.15) is 0 Å². The molecule has 1 amide bonds. The van der Waals surface area contributed by atoms with Crippen molar-refractivity contribution in [3.05, 3.63) is 35.4 Å². The Morgan fingerprint density at radius 1 is 1.31 bits per heavy atom. The normalized spacial score (nSPS) is 11.1. The van der Waals surface area contributed by atoms with Crippen molar-refractivity contribution in [2.75, 3.05) is 6.54 Å². The Balaban J connectivity index is 2.67. The topological polar surface area (TPSA) is 46.3 Å². The van der Waals surface area contributed by atoms with E-state index in [1.807, 2.05) is 0 Å². The van der Waals surface area contributed by atoms with Gasteiger partial charge in [-0.05, 0) is 26.3 Å². The van der Waals surface area contributed by atoms with Gasteiger partial charge >= 0.3 is 0 Å². The number of amides is 1. The van der Waals surface area contributed by atoms with Crippen LogP contribution in [0.1, 0.15) is 25.0 Å². The Hall–Kier alpha value is -1.35. The van der Waals surface area contributed by atoms with Crippen LogP contribution in [0.2, 0.25) is 0 Å². The van der Waals surface area contributed by atoms with Crippen molar-refractivity contribution in [3.63, 3.8) is 0 Å². The highest BCUT2D eigenvalue weighted by Crippen LogP contribution is 2.09. The lowest BCUT2D eigenvalue weighted by Gasteiger charge is -2.24. The predicted molar refractivity (Wildman–Crippen MR) is 65.9 cm³/mol. The van der Waals surface area contributed by atoms with Crippen molar-refractivity contribution < 1.29 is 4.79 Å². The minimum atomic E-state index is -0.277. The Labute approximate surface area is 97.2 Å². The van der Waals surface area contributed by atoms with E-state index >= 15 is 0 Å². The smallest absolute Gasteiger partial charge is 0.231 e. The maximum absolute atomic E-state index is 10.9. The number of carbonyl (C=O) groups excluding carboxylic acids is 1. The molecular formula is C13H20N2O. The van der Waals surface area contributed by atoms with E-state index in [9.17, 15) is 4.79 Å². The van der Waals surface area contributed by atoms with Crippen LogP contribution < -0.4 is 5.73 Å². The van der Waals surface area contributed by atoms with Gasteiger partial charge in [0, 0.05) is 12.6 Å². The molecule has 0 heterocycles. The summed E-state index contributed by atoms with van der Waals surface area (Å²) in [7, 11) is 0. The van der Waals surface area contributed by atoms with Gasteiger partial charge in [0.05, 0.1) is 6.54 Å². The molecule has 0 aliphatic heterocycles. The zero-order chi connectivity index (χ0) is 12.1. The maximum atomic E-state index is 10.9. The number of carbonyl (C=O) groups is 1. The Kier molecular flexibility index (Phi) is 4.50. The molecular weight excluding hydrogens is 200 g/mol. The van der Waals surface area contributed by atoms with Crippen LogP contribution in [0.4, 0.5) is 0 Å². The van der Waals surface area contributed by atoms with Crippen molar-refractivity contribution in [1.82, 2.24) is 4.90 Å². The number of benzene rings is 1. The minimum Gasteiger partial charge on any atom is -0.369 e. The Morgan fingerprint density at radius 3 is 2.31 bits per heavy atom. The molecule has 1 aromatic carbocycles. The van der Waals surface area contributed by atoms with E-state index in [1.165, 1.54) is 11.1 Å². The van der Waals surface area contributed by atoms with Crippen molar-refractivity contribution in [2.24, 2.45) is 5.73 Å². The molecule has 3 heteroatoms. The molecule has 0 atom stereocenters. The summed E-state index contributed by atoms with van der Waals surface area (Å²) < 4.78 is 0. The van der Waals surface area contributed by atoms with Gasteiger partial charge in [0.2, 0.25) is 5.91 Å². The quantitative estimate of drug-likeness (QED) is 0.820. The van der Waals surface area contributed by atoms with Crippen LogP contribution in [0.5, 0.6) is 0 Å². The second-order valence-electron chi connectivity index (χ2n) is 4.45. The zero-order valence-electron chi connectivity index (χ0n) is 10.2. The Morgan fingerprint density at radius 2 is 1.88 bits per heavy atom. The molecule has 0 aliphatic rings. The monoisotopic (exact) mass is 220 g/mol. The molecule has 0 saturated heterocycles. The van der Waals surface area contributed by atoms with Crippen molar-refractivity contribution in [2.45, 2.75) is 33.4 Å². The first-order valence-electron chi connectivity index (χ1n) is 5.57. The predicted octanol–water partition coefficient (Wildman–Crippen LogP) is 1.69. The molecule has 16 heavy (non-hydrogen) atoms. The number of hydrogen-bond acceptors (Lipinski definition) is 2. The second-order valence-corrected chi connectivity index (χ2v) is 4.45. The number of hydrogen-bond donors (Lipinski definition) is 1. The molecule has 0 radical (unpaired) electrons. The molecule has 2 N–H and O–H groups in total. The standard InChI is InChI=1S/C13H20N2O/c1-10(2)15(9-13(14)16)8-12-6-4-11(3)5-7-12/h4-7,10H,8-9H2,1-3H3,(H2,14,16). The summed E-state index contributed by atoms with van der Waals surface area (Å²) in [6, 6.07) is 8.65. The molecule has 1 rings (SSSR count). The van der Waals surface area contributed by atoms with Gasteiger partial charge in [-0.3, -0.25) is 9.69 Å².